The highest BCUT2D eigenvalue weighted by Gasteiger charge is 2.08. The van der Waals surface area contributed by atoms with E-state index < -0.39 is 5.97 Å². The van der Waals surface area contributed by atoms with E-state index in [1.165, 1.54) is 7.11 Å². The third-order valence-electron chi connectivity index (χ3n) is 3.15. The Morgan fingerprint density at radius 2 is 1.90 bits per heavy atom. The van der Waals surface area contributed by atoms with Crippen LogP contribution in [0.25, 0.3) is 0 Å². The van der Waals surface area contributed by atoms with E-state index in [0.29, 0.717) is 11.3 Å². The Morgan fingerprint density at radius 3 is 2.48 bits per heavy atom. The number of carbonyl (C=O) groups is 1. The number of rotatable bonds is 4. The van der Waals surface area contributed by atoms with Gasteiger partial charge in [0.1, 0.15) is 5.75 Å². The van der Waals surface area contributed by atoms with Crippen molar-refractivity contribution >= 4 is 23.0 Å². The smallest absolute Gasteiger partial charge is 0.337 e. The molecule has 0 heterocycles. The first-order valence-corrected chi connectivity index (χ1v) is 6.44. The Labute approximate surface area is 123 Å². The highest BCUT2D eigenvalue weighted by atomic mass is 16.5. The lowest BCUT2D eigenvalue weighted by atomic mass is 10.1. The summed E-state index contributed by atoms with van der Waals surface area (Å²) in [6, 6.07) is 10.8. The maximum atomic E-state index is 11.4. The molecule has 0 aromatic heterocycles. The molecule has 0 atom stereocenters. The number of carbonyl (C=O) groups excluding carboxylic acids is 1. The van der Waals surface area contributed by atoms with E-state index in [1.54, 1.807) is 25.3 Å². The number of aryl methyl sites for hydroxylation is 1. The van der Waals surface area contributed by atoms with E-state index in [2.05, 4.69) is 10.1 Å². The molecule has 5 heteroatoms. The highest BCUT2D eigenvalue weighted by Crippen LogP contribution is 2.27. The monoisotopic (exact) mass is 286 g/mol. The molecule has 0 aliphatic carbocycles. The molecule has 0 spiro atoms. The molecule has 0 bridgehead atoms. The van der Waals surface area contributed by atoms with E-state index in [0.717, 1.165) is 22.7 Å². The fourth-order valence-electron chi connectivity index (χ4n) is 2.03. The first-order valence-electron chi connectivity index (χ1n) is 6.44. The van der Waals surface area contributed by atoms with Crippen molar-refractivity contribution in [3.63, 3.8) is 0 Å². The number of hydrogen-bond donors (Lipinski definition) is 2. The van der Waals surface area contributed by atoms with Gasteiger partial charge in [-0.3, -0.25) is 0 Å². The summed E-state index contributed by atoms with van der Waals surface area (Å²) in [6.07, 6.45) is 0. The van der Waals surface area contributed by atoms with Crippen LogP contribution in [0.2, 0.25) is 0 Å². The second-order valence-corrected chi connectivity index (χ2v) is 4.60. The van der Waals surface area contributed by atoms with Gasteiger partial charge in [0.25, 0.3) is 0 Å². The number of hydrogen-bond acceptors (Lipinski definition) is 5. The van der Waals surface area contributed by atoms with Gasteiger partial charge in [0.2, 0.25) is 0 Å². The van der Waals surface area contributed by atoms with E-state index in [-0.39, 0.29) is 0 Å². The second kappa shape index (κ2) is 6.17. The summed E-state index contributed by atoms with van der Waals surface area (Å²) < 4.78 is 9.89. The normalized spacial score (nSPS) is 10.0. The molecule has 5 nitrogen and oxygen atoms in total. The van der Waals surface area contributed by atoms with Crippen LogP contribution >= 0.6 is 0 Å². The number of nitrogens with two attached hydrogens (primary N) is 1. The molecule has 0 fully saturated rings. The fraction of sp³-hybridized carbons (Fsp3) is 0.188. The summed E-state index contributed by atoms with van der Waals surface area (Å²) >= 11 is 0. The van der Waals surface area contributed by atoms with Gasteiger partial charge in [0, 0.05) is 5.69 Å². The summed E-state index contributed by atoms with van der Waals surface area (Å²) in [5, 5.41) is 3.22. The standard InChI is InChI=1S/C16H18N2O3/c1-10-8-12(5-7-15(10)20-2)18-14-6-4-11(9-13(14)17)16(19)21-3/h4-9,18H,17H2,1-3H3. The molecule has 0 unspecified atom stereocenters. The molecule has 2 aromatic carbocycles. The molecule has 21 heavy (non-hydrogen) atoms. The fourth-order valence-corrected chi connectivity index (χ4v) is 2.03. The van der Waals surface area contributed by atoms with Gasteiger partial charge in [0.15, 0.2) is 0 Å². The molecule has 110 valence electrons. The average molecular weight is 286 g/mol. The second-order valence-electron chi connectivity index (χ2n) is 4.60. The van der Waals surface area contributed by atoms with Crippen LogP contribution in [-0.4, -0.2) is 20.2 Å². The predicted octanol–water partition coefficient (Wildman–Crippen LogP) is 3.12. The Kier molecular flexibility index (Phi) is 4.33. The van der Waals surface area contributed by atoms with E-state index in [4.69, 9.17) is 10.5 Å². The first kappa shape index (κ1) is 14.7. The van der Waals surface area contributed by atoms with E-state index >= 15 is 0 Å². The van der Waals surface area contributed by atoms with Crippen LogP contribution < -0.4 is 15.8 Å². The largest absolute Gasteiger partial charge is 0.496 e. The molecular formula is C16H18N2O3. The van der Waals surface area contributed by atoms with Crippen molar-refractivity contribution in [1.29, 1.82) is 0 Å². The molecule has 2 rings (SSSR count). The van der Waals surface area contributed by atoms with Crippen LogP contribution in [0.3, 0.4) is 0 Å². The molecule has 0 aliphatic heterocycles. The van der Waals surface area contributed by atoms with Gasteiger partial charge >= 0.3 is 5.97 Å². The Balaban J connectivity index is 2.24. The van der Waals surface area contributed by atoms with Crippen molar-refractivity contribution in [2.75, 3.05) is 25.3 Å². The van der Waals surface area contributed by atoms with Crippen LogP contribution in [0.4, 0.5) is 17.1 Å². The van der Waals surface area contributed by atoms with Crippen LogP contribution in [0.5, 0.6) is 5.75 Å². The number of esters is 1. The number of nitrogen functional groups attached to an aromatic ring is 1. The molecule has 3 N–H and O–H groups in total. The summed E-state index contributed by atoms with van der Waals surface area (Å²) in [4.78, 5) is 11.4. The van der Waals surface area contributed by atoms with Crippen LogP contribution in [0, 0.1) is 6.92 Å². The Hall–Kier alpha value is -2.69. The number of benzene rings is 2. The average Bonchev–Trinajstić information content (AvgIpc) is 2.48. The Morgan fingerprint density at radius 1 is 1.14 bits per heavy atom. The van der Waals surface area contributed by atoms with Gasteiger partial charge in [-0.1, -0.05) is 0 Å². The van der Waals surface area contributed by atoms with Crippen molar-refractivity contribution in [3.05, 3.63) is 47.5 Å². The van der Waals surface area contributed by atoms with Gasteiger partial charge in [-0.2, -0.15) is 0 Å². The van der Waals surface area contributed by atoms with Crippen molar-refractivity contribution in [2.24, 2.45) is 0 Å². The Bertz CT molecular complexity index is 669. The molecule has 0 amide bonds. The minimum absolute atomic E-state index is 0.409. The van der Waals surface area contributed by atoms with Crippen molar-refractivity contribution in [3.8, 4) is 5.75 Å². The van der Waals surface area contributed by atoms with Crippen molar-refractivity contribution in [1.82, 2.24) is 0 Å². The van der Waals surface area contributed by atoms with Gasteiger partial charge in [-0.15, -0.1) is 0 Å². The maximum absolute atomic E-state index is 11.4. The summed E-state index contributed by atoms with van der Waals surface area (Å²) in [5.74, 6) is 0.420. The zero-order chi connectivity index (χ0) is 15.4. The minimum Gasteiger partial charge on any atom is -0.496 e. The third-order valence-corrected chi connectivity index (χ3v) is 3.15. The minimum atomic E-state index is -0.409. The third kappa shape index (κ3) is 3.25. The summed E-state index contributed by atoms with van der Waals surface area (Å²) in [5.41, 5.74) is 9.51. The first-order chi connectivity index (χ1) is 10.0. The maximum Gasteiger partial charge on any atom is 0.337 e. The quantitative estimate of drug-likeness (QED) is 0.667. The SMILES string of the molecule is COC(=O)c1ccc(Nc2ccc(OC)c(C)c2)c(N)c1. The molecular weight excluding hydrogens is 268 g/mol. The number of methoxy groups -OCH3 is 2. The summed E-state index contributed by atoms with van der Waals surface area (Å²) in [6.45, 7) is 1.97. The van der Waals surface area contributed by atoms with Crippen molar-refractivity contribution < 1.29 is 14.3 Å². The molecule has 0 aliphatic rings. The van der Waals surface area contributed by atoms with Crippen LogP contribution in [0.1, 0.15) is 15.9 Å². The van der Waals surface area contributed by atoms with Crippen LogP contribution in [-0.2, 0) is 4.74 Å². The molecule has 0 radical (unpaired) electrons. The van der Waals surface area contributed by atoms with E-state index in [9.17, 15) is 4.79 Å². The van der Waals surface area contributed by atoms with Gasteiger partial charge in [0.05, 0.1) is 31.2 Å². The van der Waals surface area contributed by atoms with Gasteiger partial charge in [-0.05, 0) is 48.9 Å². The van der Waals surface area contributed by atoms with Crippen molar-refractivity contribution in [2.45, 2.75) is 6.92 Å². The molecule has 0 saturated carbocycles. The van der Waals surface area contributed by atoms with Gasteiger partial charge in [-0.25, -0.2) is 4.79 Å². The number of anilines is 3. The highest BCUT2D eigenvalue weighted by molar-refractivity contribution is 5.92. The number of ether oxygens (including phenoxy) is 2. The lowest BCUT2D eigenvalue weighted by Crippen LogP contribution is -2.04. The molecule has 2 aromatic rings. The van der Waals surface area contributed by atoms with E-state index in [1.807, 2.05) is 25.1 Å². The lowest BCUT2D eigenvalue weighted by molar-refractivity contribution is 0.0601. The lowest BCUT2D eigenvalue weighted by Gasteiger charge is -2.12. The molecule has 0 saturated heterocycles. The number of nitrogens with one attached hydrogen (secondary N) is 1. The zero-order valence-electron chi connectivity index (χ0n) is 12.3. The van der Waals surface area contributed by atoms with Crippen LogP contribution in [0.15, 0.2) is 36.4 Å². The summed E-state index contributed by atoms with van der Waals surface area (Å²) in [7, 11) is 2.98. The zero-order valence-corrected chi connectivity index (χ0v) is 12.3. The van der Waals surface area contributed by atoms with Gasteiger partial charge < -0.3 is 20.5 Å². The predicted molar refractivity (Wildman–Crippen MR) is 83.2 cm³/mol. The topological polar surface area (TPSA) is 73.6 Å².